The molecule has 0 atom stereocenters. The monoisotopic (exact) mass is 490 g/mol. The van der Waals surface area contributed by atoms with Gasteiger partial charge in [0.2, 0.25) is 0 Å². The fraction of sp³-hybridized carbons (Fsp3) is 0.400. The minimum atomic E-state index is -0.440. The van der Waals surface area contributed by atoms with Crippen molar-refractivity contribution < 1.29 is 19.1 Å². The van der Waals surface area contributed by atoms with Crippen molar-refractivity contribution in [2.24, 2.45) is 11.8 Å². The van der Waals surface area contributed by atoms with Gasteiger partial charge in [-0.3, -0.25) is 4.79 Å². The molecule has 1 saturated carbocycles. The smallest absolute Gasteiger partial charge is 0.330 e. The minimum absolute atomic E-state index is 0.0218. The van der Waals surface area contributed by atoms with Gasteiger partial charge in [-0.05, 0) is 92.0 Å². The van der Waals surface area contributed by atoms with E-state index in [2.05, 4.69) is 6.58 Å². The molecule has 36 heavy (non-hydrogen) atoms. The van der Waals surface area contributed by atoms with Crippen LogP contribution in [0.2, 0.25) is 0 Å². The highest BCUT2D eigenvalue weighted by Crippen LogP contribution is 2.33. The van der Waals surface area contributed by atoms with E-state index in [1.54, 1.807) is 48.5 Å². The zero-order valence-corrected chi connectivity index (χ0v) is 21.0. The predicted octanol–water partition coefficient (Wildman–Crippen LogP) is 6.11. The maximum atomic E-state index is 12.6. The van der Waals surface area contributed by atoms with Crippen LogP contribution < -0.4 is 16.2 Å². The Labute approximate surface area is 214 Å². The summed E-state index contributed by atoms with van der Waals surface area (Å²) >= 11 is 0. The number of unbranched alkanes of at least 4 members (excludes halogenated alkanes) is 2. The molecule has 6 nitrogen and oxygen atoms in total. The van der Waals surface area contributed by atoms with E-state index in [-0.39, 0.29) is 18.5 Å². The lowest BCUT2D eigenvalue weighted by Gasteiger charge is -2.27. The molecule has 6 heteroatoms. The Morgan fingerprint density at radius 1 is 1.00 bits per heavy atom. The second kappa shape index (κ2) is 14.1. The van der Waals surface area contributed by atoms with Crippen LogP contribution >= 0.6 is 0 Å². The Balaban J connectivity index is 1.37. The molecule has 0 amide bonds. The number of ether oxygens (including phenoxy) is 2. The molecule has 0 aromatic heterocycles. The lowest BCUT2D eigenvalue weighted by atomic mass is 9.80. The molecular formula is C30H38N2O4. The van der Waals surface area contributed by atoms with Gasteiger partial charge in [-0.2, -0.15) is 0 Å². The summed E-state index contributed by atoms with van der Waals surface area (Å²) in [6.45, 7) is 3.98. The minimum Gasteiger partial charge on any atom is -0.462 e. The third-order valence-electron chi connectivity index (χ3n) is 6.74. The first-order chi connectivity index (χ1) is 17.4. The first kappa shape index (κ1) is 27.1. The Bertz CT molecular complexity index is 1040. The second-order valence-corrected chi connectivity index (χ2v) is 9.49. The fourth-order valence-electron chi connectivity index (χ4n) is 4.57. The van der Waals surface area contributed by atoms with Gasteiger partial charge in [0.15, 0.2) is 0 Å². The summed E-state index contributed by atoms with van der Waals surface area (Å²) in [4.78, 5) is 24.6. The first-order valence-electron chi connectivity index (χ1n) is 12.9. The largest absolute Gasteiger partial charge is 0.462 e. The van der Waals surface area contributed by atoms with Gasteiger partial charge in [-0.25, -0.2) is 4.79 Å². The van der Waals surface area contributed by atoms with E-state index < -0.39 is 5.97 Å². The van der Waals surface area contributed by atoms with Crippen LogP contribution in [0.1, 0.15) is 62.5 Å². The Morgan fingerprint density at radius 3 is 2.47 bits per heavy atom. The molecule has 1 aliphatic carbocycles. The molecule has 3 rings (SSSR count). The normalized spacial score (nSPS) is 17.6. The lowest BCUT2D eigenvalue weighted by Crippen LogP contribution is -2.25. The number of rotatable bonds is 12. The van der Waals surface area contributed by atoms with Gasteiger partial charge >= 0.3 is 11.9 Å². The van der Waals surface area contributed by atoms with Crippen molar-refractivity contribution in [2.75, 3.05) is 18.1 Å². The highest BCUT2D eigenvalue weighted by Gasteiger charge is 2.27. The average Bonchev–Trinajstić information content (AvgIpc) is 2.88. The molecule has 0 radical (unpaired) electrons. The van der Waals surface area contributed by atoms with Crippen molar-refractivity contribution in [3.8, 4) is 5.75 Å². The third kappa shape index (κ3) is 8.91. The fourth-order valence-corrected chi connectivity index (χ4v) is 4.57. The molecule has 0 saturated heterocycles. The van der Waals surface area contributed by atoms with Crippen LogP contribution in [0.15, 0.2) is 61.2 Å². The van der Waals surface area contributed by atoms with Gasteiger partial charge in [0, 0.05) is 23.9 Å². The molecule has 1 fully saturated rings. The molecular weight excluding hydrogens is 452 g/mol. The summed E-state index contributed by atoms with van der Waals surface area (Å²) < 4.78 is 10.9. The molecule has 1 aliphatic rings. The quantitative estimate of drug-likeness (QED) is 0.0929. The zero-order chi connectivity index (χ0) is 25.8. The number of benzene rings is 2. The molecule has 0 unspecified atom stereocenters. The lowest BCUT2D eigenvalue weighted by molar-refractivity contribution is -0.140. The summed E-state index contributed by atoms with van der Waals surface area (Å²) in [5.74, 6) is 0.640. The summed E-state index contributed by atoms with van der Waals surface area (Å²) in [5.41, 5.74) is 14.6. The number of carbonyl (C=O) groups excluding carboxylic acids is 2. The molecule has 0 bridgehead atoms. The second-order valence-electron chi connectivity index (χ2n) is 9.49. The van der Waals surface area contributed by atoms with Crippen molar-refractivity contribution in [1.82, 2.24) is 0 Å². The summed E-state index contributed by atoms with van der Waals surface area (Å²) in [7, 11) is 0. The van der Waals surface area contributed by atoms with E-state index in [1.807, 2.05) is 6.08 Å². The van der Waals surface area contributed by atoms with E-state index in [4.69, 9.17) is 20.9 Å². The van der Waals surface area contributed by atoms with Crippen molar-refractivity contribution in [1.29, 1.82) is 0 Å². The number of hydrogen-bond donors (Lipinski definition) is 2. The molecule has 0 aliphatic heterocycles. The van der Waals surface area contributed by atoms with Crippen LogP contribution in [0.5, 0.6) is 5.75 Å². The Kier molecular flexibility index (Phi) is 10.6. The van der Waals surface area contributed by atoms with Crippen LogP contribution in [-0.2, 0) is 20.7 Å². The molecule has 192 valence electrons. The Hall–Kier alpha value is -3.54. The van der Waals surface area contributed by atoms with Crippen molar-refractivity contribution >= 4 is 29.4 Å². The van der Waals surface area contributed by atoms with Gasteiger partial charge in [0.1, 0.15) is 5.75 Å². The van der Waals surface area contributed by atoms with E-state index in [0.717, 1.165) is 49.1 Å². The number of carbonyl (C=O) groups is 2. The predicted molar refractivity (Wildman–Crippen MR) is 145 cm³/mol. The molecule has 2 aromatic rings. The van der Waals surface area contributed by atoms with Crippen molar-refractivity contribution in [3.63, 3.8) is 0 Å². The number of anilines is 2. The van der Waals surface area contributed by atoms with E-state index in [0.29, 0.717) is 23.5 Å². The highest BCUT2D eigenvalue weighted by molar-refractivity contribution is 5.87. The standard InChI is InChI=1S/C30H38N2O4/c1-2-3-4-5-6-22-7-12-24(13-8-22)30(34)36-27-15-9-23(10-16-27)11-18-29(33)35-20-19-25-21-26(31)14-17-28(25)32/h2,9-11,14-18,21-22,24H,1,3-8,12-13,19-20,31-32H2. The van der Waals surface area contributed by atoms with Crippen LogP contribution in [0.25, 0.3) is 6.08 Å². The Morgan fingerprint density at radius 2 is 1.75 bits per heavy atom. The van der Waals surface area contributed by atoms with E-state index in [1.165, 1.54) is 25.3 Å². The van der Waals surface area contributed by atoms with Crippen molar-refractivity contribution in [2.45, 2.75) is 57.8 Å². The molecule has 4 N–H and O–H groups in total. The van der Waals surface area contributed by atoms with Gasteiger partial charge < -0.3 is 20.9 Å². The number of allylic oxidation sites excluding steroid dienone is 1. The maximum Gasteiger partial charge on any atom is 0.330 e. The third-order valence-corrected chi connectivity index (χ3v) is 6.74. The molecule has 2 aromatic carbocycles. The SMILES string of the molecule is C=CCCCCC1CCC(C(=O)Oc2ccc(C=CC(=O)OCCc3cc(N)ccc3N)cc2)CC1. The van der Waals surface area contributed by atoms with Gasteiger partial charge in [-0.1, -0.05) is 31.1 Å². The van der Waals surface area contributed by atoms with Crippen LogP contribution in [0.3, 0.4) is 0 Å². The van der Waals surface area contributed by atoms with E-state index in [9.17, 15) is 9.59 Å². The number of nitrogen functional groups attached to an aromatic ring is 2. The van der Waals surface area contributed by atoms with Crippen LogP contribution in [0.4, 0.5) is 11.4 Å². The maximum absolute atomic E-state index is 12.6. The van der Waals surface area contributed by atoms with E-state index >= 15 is 0 Å². The first-order valence-corrected chi connectivity index (χ1v) is 12.9. The van der Waals surface area contributed by atoms with Crippen molar-refractivity contribution in [3.05, 3.63) is 72.3 Å². The van der Waals surface area contributed by atoms with Gasteiger partial charge in [0.05, 0.1) is 12.5 Å². The molecule has 0 spiro atoms. The number of esters is 2. The van der Waals surface area contributed by atoms with Crippen LogP contribution in [-0.4, -0.2) is 18.5 Å². The number of nitrogens with two attached hydrogens (primary N) is 2. The average molecular weight is 491 g/mol. The highest BCUT2D eigenvalue weighted by atomic mass is 16.5. The van der Waals surface area contributed by atoms with Gasteiger partial charge in [-0.15, -0.1) is 6.58 Å². The summed E-state index contributed by atoms with van der Waals surface area (Å²) in [6, 6.07) is 12.4. The topological polar surface area (TPSA) is 105 Å². The van der Waals surface area contributed by atoms with Gasteiger partial charge in [0.25, 0.3) is 0 Å². The number of hydrogen-bond acceptors (Lipinski definition) is 6. The molecule has 0 heterocycles. The summed E-state index contributed by atoms with van der Waals surface area (Å²) in [6.07, 6.45) is 14.3. The summed E-state index contributed by atoms with van der Waals surface area (Å²) in [5, 5.41) is 0. The zero-order valence-electron chi connectivity index (χ0n) is 21.0. The van der Waals surface area contributed by atoms with Crippen LogP contribution in [0, 0.1) is 11.8 Å².